The molecule has 0 radical (unpaired) electrons. The zero-order chi connectivity index (χ0) is 11.5. The maximum atomic E-state index is 8.65. The summed E-state index contributed by atoms with van der Waals surface area (Å²) < 4.78 is 0. The smallest absolute Gasteiger partial charge is 0.199 e. The minimum absolute atomic E-state index is 0.305. The second kappa shape index (κ2) is 4.11. The van der Waals surface area contributed by atoms with Gasteiger partial charge in [-0.3, -0.25) is 10.1 Å². The van der Waals surface area contributed by atoms with E-state index in [1.54, 1.807) is 12.1 Å². The molecule has 0 bridgehead atoms. The monoisotopic (exact) mass is 213 g/mol. The standard InChI is InChI=1S/C11H11N5/c1-7(2)10-14-11(16-15-10)9-4-3-8(5-12)6-13-9/h3-4,6-7H,1-2H3,(H,14,15,16). The third-order valence-electron chi connectivity index (χ3n) is 2.17. The first-order valence-corrected chi connectivity index (χ1v) is 4.99. The molecule has 5 nitrogen and oxygen atoms in total. The van der Waals surface area contributed by atoms with Gasteiger partial charge >= 0.3 is 0 Å². The van der Waals surface area contributed by atoms with Crippen LogP contribution in [0.1, 0.15) is 31.2 Å². The molecule has 2 aromatic rings. The van der Waals surface area contributed by atoms with Crippen molar-refractivity contribution in [2.45, 2.75) is 19.8 Å². The Morgan fingerprint density at radius 3 is 2.69 bits per heavy atom. The van der Waals surface area contributed by atoms with Crippen LogP contribution in [-0.2, 0) is 0 Å². The summed E-state index contributed by atoms with van der Waals surface area (Å²) in [5, 5.41) is 15.6. The van der Waals surface area contributed by atoms with Crippen LogP contribution in [-0.4, -0.2) is 20.2 Å². The van der Waals surface area contributed by atoms with Gasteiger partial charge in [0.05, 0.1) is 5.56 Å². The van der Waals surface area contributed by atoms with Gasteiger partial charge in [0.1, 0.15) is 17.6 Å². The van der Waals surface area contributed by atoms with Gasteiger partial charge in [0, 0.05) is 12.1 Å². The topological polar surface area (TPSA) is 78.2 Å². The number of rotatable bonds is 2. The Hall–Kier alpha value is -2.22. The highest BCUT2D eigenvalue weighted by Gasteiger charge is 2.09. The van der Waals surface area contributed by atoms with Crippen LogP contribution in [0.3, 0.4) is 0 Å². The van der Waals surface area contributed by atoms with Gasteiger partial charge in [-0.2, -0.15) is 10.4 Å². The second-order valence-electron chi connectivity index (χ2n) is 3.74. The predicted molar refractivity (Wildman–Crippen MR) is 58.4 cm³/mol. The van der Waals surface area contributed by atoms with Gasteiger partial charge in [-0.25, -0.2) is 4.98 Å². The van der Waals surface area contributed by atoms with Gasteiger partial charge in [-0.15, -0.1) is 0 Å². The molecule has 0 fully saturated rings. The Balaban J connectivity index is 2.32. The van der Waals surface area contributed by atoms with Crippen molar-refractivity contribution >= 4 is 0 Å². The lowest BCUT2D eigenvalue weighted by Crippen LogP contribution is -1.90. The Kier molecular flexibility index (Phi) is 2.64. The van der Waals surface area contributed by atoms with Crippen LogP contribution in [0, 0.1) is 11.3 Å². The molecular weight excluding hydrogens is 202 g/mol. The average Bonchev–Trinajstić information content (AvgIpc) is 2.78. The lowest BCUT2D eigenvalue weighted by atomic mass is 10.2. The lowest BCUT2D eigenvalue weighted by Gasteiger charge is -1.95. The van der Waals surface area contributed by atoms with E-state index in [9.17, 15) is 0 Å². The molecule has 0 aromatic carbocycles. The molecule has 2 rings (SSSR count). The molecular formula is C11H11N5. The maximum absolute atomic E-state index is 8.65. The molecule has 0 aliphatic rings. The fraction of sp³-hybridized carbons (Fsp3) is 0.273. The minimum atomic E-state index is 0.305. The highest BCUT2D eigenvalue weighted by atomic mass is 15.2. The molecule has 0 saturated carbocycles. The predicted octanol–water partition coefficient (Wildman–Crippen LogP) is 1.86. The normalized spacial score (nSPS) is 10.4. The molecule has 0 amide bonds. The van der Waals surface area contributed by atoms with Gasteiger partial charge in [0.2, 0.25) is 0 Å². The number of H-pyrrole nitrogens is 1. The molecule has 0 unspecified atom stereocenters. The third-order valence-corrected chi connectivity index (χ3v) is 2.17. The molecule has 16 heavy (non-hydrogen) atoms. The van der Waals surface area contributed by atoms with E-state index in [0.29, 0.717) is 23.0 Å². The Morgan fingerprint density at radius 2 is 2.19 bits per heavy atom. The van der Waals surface area contributed by atoms with Gasteiger partial charge in [0.15, 0.2) is 5.82 Å². The molecule has 80 valence electrons. The summed E-state index contributed by atoms with van der Waals surface area (Å²) in [4.78, 5) is 8.45. The number of pyridine rings is 1. The SMILES string of the molecule is CC(C)c1nc(-c2ccc(C#N)cn2)n[nH]1. The molecule has 1 N–H and O–H groups in total. The van der Waals surface area contributed by atoms with E-state index in [2.05, 4.69) is 20.2 Å². The van der Waals surface area contributed by atoms with E-state index in [1.807, 2.05) is 19.9 Å². The molecule has 0 spiro atoms. The summed E-state index contributed by atoms with van der Waals surface area (Å²) >= 11 is 0. The number of nitrogens with one attached hydrogen (secondary N) is 1. The van der Waals surface area contributed by atoms with E-state index in [1.165, 1.54) is 6.20 Å². The highest BCUT2D eigenvalue weighted by molar-refractivity contribution is 5.49. The van der Waals surface area contributed by atoms with Gasteiger partial charge in [-0.1, -0.05) is 13.8 Å². The van der Waals surface area contributed by atoms with Crippen LogP contribution in [0.25, 0.3) is 11.5 Å². The first kappa shape index (κ1) is 10.3. The molecule has 0 aliphatic heterocycles. The summed E-state index contributed by atoms with van der Waals surface area (Å²) in [6.07, 6.45) is 1.51. The van der Waals surface area contributed by atoms with E-state index in [-0.39, 0.29) is 0 Å². The maximum Gasteiger partial charge on any atom is 0.199 e. The highest BCUT2D eigenvalue weighted by Crippen LogP contribution is 2.15. The quantitative estimate of drug-likeness (QED) is 0.825. The van der Waals surface area contributed by atoms with Crippen molar-refractivity contribution in [2.24, 2.45) is 0 Å². The van der Waals surface area contributed by atoms with E-state index in [0.717, 1.165) is 5.82 Å². The van der Waals surface area contributed by atoms with Gasteiger partial charge < -0.3 is 0 Å². The number of nitriles is 1. The zero-order valence-electron chi connectivity index (χ0n) is 9.10. The number of nitrogens with zero attached hydrogens (tertiary/aromatic N) is 4. The van der Waals surface area contributed by atoms with E-state index >= 15 is 0 Å². The van der Waals surface area contributed by atoms with Crippen molar-refractivity contribution in [3.63, 3.8) is 0 Å². The van der Waals surface area contributed by atoms with Crippen LogP contribution in [0.4, 0.5) is 0 Å². The molecule has 0 aliphatic carbocycles. The van der Waals surface area contributed by atoms with E-state index in [4.69, 9.17) is 5.26 Å². The van der Waals surface area contributed by atoms with Crippen LogP contribution >= 0.6 is 0 Å². The number of aromatic nitrogens is 4. The average molecular weight is 213 g/mol. The summed E-state index contributed by atoms with van der Waals surface area (Å²) in [7, 11) is 0. The lowest BCUT2D eigenvalue weighted by molar-refractivity contribution is 0.781. The van der Waals surface area contributed by atoms with Crippen molar-refractivity contribution in [3.8, 4) is 17.6 Å². The molecule has 0 atom stereocenters. The molecule has 2 heterocycles. The van der Waals surface area contributed by atoms with Crippen LogP contribution in [0.15, 0.2) is 18.3 Å². The number of hydrogen-bond acceptors (Lipinski definition) is 4. The number of aromatic amines is 1. The van der Waals surface area contributed by atoms with Crippen LogP contribution in [0.2, 0.25) is 0 Å². The first-order valence-electron chi connectivity index (χ1n) is 4.99. The van der Waals surface area contributed by atoms with Crippen molar-refractivity contribution in [1.82, 2.24) is 20.2 Å². The Labute approximate surface area is 93.2 Å². The zero-order valence-corrected chi connectivity index (χ0v) is 9.10. The van der Waals surface area contributed by atoms with Crippen molar-refractivity contribution in [2.75, 3.05) is 0 Å². The van der Waals surface area contributed by atoms with Crippen molar-refractivity contribution < 1.29 is 0 Å². The molecule has 0 saturated heterocycles. The summed E-state index contributed by atoms with van der Waals surface area (Å²) in [5.74, 6) is 1.70. The van der Waals surface area contributed by atoms with Crippen molar-refractivity contribution in [1.29, 1.82) is 5.26 Å². The van der Waals surface area contributed by atoms with Gasteiger partial charge in [-0.05, 0) is 12.1 Å². The minimum Gasteiger partial charge on any atom is -0.262 e. The van der Waals surface area contributed by atoms with Gasteiger partial charge in [0.25, 0.3) is 0 Å². The van der Waals surface area contributed by atoms with Crippen LogP contribution < -0.4 is 0 Å². The van der Waals surface area contributed by atoms with Crippen LogP contribution in [0.5, 0.6) is 0 Å². The fourth-order valence-electron chi connectivity index (χ4n) is 1.24. The molecule has 5 heteroatoms. The van der Waals surface area contributed by atoms with E-state index < -0.39 is 0 Å². The fourth-order valence-corrected chi connectivity index (χ4v) is 1.24. The third kappa shape index (κ3) is 1.91. The Bertz CT molecular complexity index is 518. The summed E-state index contributed by atoms with van der Waals surface area (Å²) in [5.41, 5.74) is 1.20. The largest absolute Gasteiger partial charge is 0.262 e. The second-order valence-corrected chi connectivity index (χ2v) is 3.74. The first-order chi connectivity index (χ1) is 7.70. The Morgan fingerprint density at radius 1 is 1.38 bits per heavy atom. The summed E-state index contributed by atoms with van der Waals surface area (Å²) in [6.45, 7) is 4.08. The van der Waals surface area contributed by atoms with Crippen molar-refractivity contribution in [3.05, 3.63) is 29.7 Å². The molecule has 2 aromatic heterocycles. The summed E-state index contributed by atoms with van der Waals surface area (Å²) in [6, 6.07) is 5.46. The number of hydrogen-bond donors (Lipinski definition) is 1.